The van der Waals surface area contributed by atoms with Gasteiger partial charge in [0.2, 0.25) is 5.89 Å². The van der Waals surface area contributed by atoms with E-state index >= 15 is 0 Å². The summed E-state index contributed by atoms with van der Waals surface area (Å²) in [5.74, 6) is -0.0714. The number of aromatic amines is 1. The van der Waals surface area contributed by atoms with Crippen LogP contribution in [0.15, 0.2) is 9.21 Å². The van der Waals surface area contributed by atoms with E-state index in [4.69, 9.17) is 4.42 Å². The van der Waals surface area contributed by atoms with Crippen LogP contribution in [-0.4, -0.2) is 10.2 Å². The van der Waals surface area contributed by atoms with Gasteiger partial charge in [0.05, 0.1) is 3.42 Å². The van der Waals surface area contributed by atoms with Crippen molar-refractivity contribution in [3.05, 3.63) is 16.4 Å². The Hall–Kier alpha value is -0.330. The number of hydrogen-bond acceptors (Lipinski definition) is 3. The van der Waals surface area contributed by atoms with Gasteiger partial charge in [-0.15, -0.1) is 5.10 Å². The Labute approximate surface area is 71.2 Å². The van der Waals surface area contributed by atoms with Gasteiger partial charge in [-0.25, -0.2) is 9.89 Å². The van der Waals surface area contributed by atoms with E-state index in [-0.39, 0.29) is 3.42 Å². The molecular weight excluding hydrogens is 247 g/mol. The van der Waals surface area contributed by atoms with E-state index < -0.39 is 5.76 Å². The maximum Gasteiger partial charge on any atom is 0.434 e. The van der Waals surface area contributed by atoms with E-state index in [2.05, 4.69) is 32.8 Å². The molecule has 5 heteroatoms. The zero-order valence-corrected chi connectivity index (χ0v) is 7.80. The summed E-state index contributed by atoms with van der Waals surface area (Å²) in [6.07, 6.45) is 0. The summed E-state index contributed by atoms with van der Waals surface area (Å²) in [5, 5.41) is 5.87. The summed E-state index contributed by atoms with van der Waals surface area (Å²) in [6.45, 7) is 3.82. The molecule has 1 aromatic rings. The Balaban J connectivity index is 3.07. The number of halogens is 1. The molecule has 0 aromatic carbocycles. The molecule has 1 N–H and O–H groups in total. The predicted molar refractivity (Wildman–Crippen MR) is 44.2 cm³/mol. The van der Waals surface area contributed by atoms with Crippen molar-refractivity contribution in [1.82, 2.24) is 10.2 Å². The van der Waals surface area contributed by atoms with Gasteiger partial charge in [-0.05, 0) is 13.8 Å². The van der Waals surface area contributed by atoms with Gasteiger partial charge < -0.3 is 4.42 Å². The zero-order valence-electron chi connectivity index (χ0n) is 5.64. The minimum absolute atomic E-state index is 0.225. The van der Waals surface area contributed by atoms with Gasteiger partial charge in [0.1, 0.15) is 0 Å². The molecule has 10 heavy (non-hydrogen) atoms. The van der Waals surface area contributed by atoms with Gasteiger partial charge in [-0.2, -0.15) is 0 Å². The SMILES string of the molecule is CC(C)(I)c1n[nH]c(=O)o1. The summed E-state index contributed by atoms with van der Waals surface area (Å²) in [4.78, 5) is 10.4. The number of alkyl halides is 1. The maximum atomic E-state index is 10.4. The van der Waals surface area contributed by atoms with Crippen LogP contribution in [0.4, 0.5) is 0 Å². The fourth-order valence-electron chi connectivity index (χ4n) is 0.484. The molecule has 1 rings (SSSR count). The topological polar surface area (TPSA) is 58.9 Å². The van der Waals surface area contributed by atoms with Crippen molar-refractivity contribution in [2.24, 2.45) is 0 Å². The van der Waals surface area contributed by atoms with Crippen molar-refractivity contribution in [2.45, 2.75) is 17.3 Å². The average molecular weight is 254 g/mol. The first-order valence-electron chi connectivity index (χ1n) is 2.75. The minimum Gasteiger partial charge on any atom is -0.391 e. The molecule has 4 nitrogen and oxygen atoms in total. The van der Waals surface area contributed by atoms with Crippen LogP contribution in [-0.2, 0) is 3.42 Å². The van der Waals surface area contributed by atoms with Gasteiger partial charge in [0.25, 0.3) is 0 Å². The van der Waals surface area contributed by atoms with Crippen molar-refractivity contribution >= 4 is 22.6 Å². The Morgan fingerprint density at radius 2 is 2.30 bits per heavy atom. The van der Waals surface area contributed by atoms with Crippen LogP contribution >= 0.6 is 22.6 Å². The molecule has 0 aliphatic heterocycles. The van der Waals surface area contributed by atoms with E-state index in [9.17, 15) is 4.79 Å². The number of hydrogen-bond donors (Lipinski definition) is 1. The van der Waals surface area contributed by atoms with Gasteiger partial charge in [-0.1, -0.05) is 22.6 Å². The predicted octanol–water partition coefficient (Wildman–Crippen LogP) is 1.03. The lowest BCUT2D eigenvalue weighted by Gasteiger charge is -2.07. The summed E-state index contributed by atoms with van der Waals surface area (Å²) in [5.41, 5.74) is 0. The molecule has 0 saturated heterocycles. The van der Waals surface area contributed by atoms with Crippen LogP contribution in [0.5, 0.6) is 0 Å². The van der Waals surface area contributed by atoms with Gasteiger partial charge in [0.15, 0.2) is 0 Å². The third-order valence-corrected chi connectivity index (χ3v) is 1.41. The molecule has 0 spiro atoms. The highest BCUT2D eigenvalue weighted by atomic mass is 127. The Bertz CT molecular complexity index is 270. The lowest BCUT2D eigenvalue weighted by atomic mass is 10.2. The highest BCUT2D eigenvalue weighted by Crippen LogP contribution is 2.27. The van der Waals surface area contributed by atoms with E-state index in [0.29, 0.717) is 5.89 Å². The van der Waals surface area contributed by atoms with Crippen molar-refractivity contribution in [2.75, 3.05) is 0 Å². The van der Waals surface area contributed by atoms with Crippen LogP contribution in [0.2, 0.25) is 0 Å². The van der Waals surface area contributed by atoms with Crippen molar-refractivity contribution in [3.63, 3.8) is 0 Å². The normalized spacial score (nSPS) is 11.9. The van der Waals surface area contributed by atoms with Crippen LogP contribution in [0, 0.1) is 0 Å². The van der Waals surface area contributed by atoms with Gasteiger partial charge in [-0.3, -0.25) is 0 Å². The Morgan fingerprint density at radius 1 is 1.70 bits per heavy atom. The first-order valence-corrected chi connectivity index (χ1v) is 3.83. The highest BCUT2D eigenvalue weighted by Gasteiger charge is 2.21. The van der Waals surface area contributed by atoms with E-state index in [0.717, 1.165) is 0 Å². The van der Waals surface area contributed by atoms with Crippen molar-refractivity contribution in [3.8, 4) is 0 Å². The van der Waals surface area contributed by atoms with Crippen LogP contribution in [0.1, 0.15) is 19.7 Å². The Morgan fingerprint density at radius 3 is 2.50 bits per heavy atom. The summed E-state index contributed by atoms with van der Waals surface area (Å²) >= 11 is 2.14. The molecule has 0 unspecified atom stereocenters. The number of rotatable bonds is 1. The summed E-state index contributed by atoms with van der Waals surface area (Å²) < 4.78 is 4.49. The molecule has 0 atom stereocenters. The van der Waals surface area contributed by atoms with Gasteiger partial charge in [0, 0.05) is 0 Å². The Kier molecular flexibility index (Phi) is 1.84. The molecule has 0 aliphatic carbocycles. The minimum atomic E-state index is -0.500. The largest absolute Gasteiger partial charge is 0.434 e. The zero-order chi connectivity index (χ0) is 7.78. The smallest absolute Gasteiger partial charge is 0.391 e. The molecule has 0 bridgehead atoms. The molecule has 1 heterocycles. The fourth-order valence-corrected chi connectivity index (χ4v) is 0.715. The second-order valence-corrected chi connectivity index (χ2v) is 5.09. The quantitative estimate of drug-likeness (QED) is 0.601. The molecule has 1 aromatic heterocycles. The van der Waals surface area contributed by atoms with Crippen LogP contribution < -0.4 is 5.76 Å². The second kappa shape index (κ2) is 2.37. The van der Waals surface area contributed by atoms with E-state index in [1.54, 1.807) is 0 Å². The van der Waals surface area contributed by atoms with Crippen LogP contribution in [0.3, 0.4) is 0 Å². The molecular formula is C5H7IN2O2. The van der Waals surface area contributed by atoms with E-state index in [1.807, 2.05) is 13.8 Å². The average Bonchev–Trinajstić information content (AvgIpc) is 2.11. The monoisotopic (exact) mass is 254 g/mol. The third-order valence-electron chi connectivity index (χ3n) is 0.947. The molecule has 56 valence electrons. The second-order valence-electron chi connectivity index (χ2n) is 2.39. The molecule has 0 saturated carbocycles. The molecule has 0 amide bonds. The molecule has 0 fully saturated rings. The third kappa shape index (κ3) is 1.59. The number of H-pyrrole nitrogens is 1. The highest BCUT2D eigenvalue weighted by molar-refractivity contribution is 14.1. The van der Waals surface area contributed by atoms with Crippen molar-refractivity contribution < 1.29 is 4.42 Å². The fraction of sp³-hybridized carbons (Fsp3) is 0.600. The summed E-state index contributed by atoms with van der Waals surface area (Å²) in [7, 11) is 0. The standard InChI is InChI=1S/C5H7IN2O2/c1-5(2,6)3-7-8-4(9)10-3/h1-2H3,(H,8,9). The lowest BCUT2D eigenvalue weighted by Crippen LogP contribution is -2.06. The summed E-state index contributed by atoms with van der Waals surface area (Å²) in [6, 6.07) is 0. The first-order chi connectivity index (χ1) is 4.50. The van der Waals surface area contributed by atoms with Crippen molar-refractivity contribution in [1.29, 1.82) is 0 Å². The number of nitrogens with one attached hydrogen (secondary N) is 1. The number of nitrogens with zero attached hydrogens (tertiary/aromatic N) is 1. The number of aromatic nitrogens is 2. The van der Waals surface area contributed by atoms with Gasteiger partial charge >= 0.3 is 5.76 Å². The molecule has 0 aliphatic rings. The maximum absolute atomic E-state index is 10.4. The van der Waals surface area contributed by atoms with Crippen LogP contribution in [0.25, 0.3) is 0 Å². The first kappa shape index (κ1) is 7.77. The van der Waals surface area contributed by atoms with E-state index in [1.165, 1.54) is 0 Å². The lowest BCUT2D eigenvalue weighted by molar-refractivity contribution is 0.435. The molecule has 0 radical (unpaired) electrons.